The molecule has 2 aromatic carbocycles. The first kappa shape index (κ1) is 17.1. The molecule has 0 radical (unpaired) electrons. The summed E-state index contributed by atoms with van der Waals surface area (Å²) in [6.07, 6.45) is 1.87. The summed E-state index contributed by atoms with van der Waals surface area (Å²) in [6, 6.07) is 10.5. The molecule has 1 aliphatic rings. The minimum absolute atomic E-state index is 0.0265. The Morgan fingerprint density at radius 1 is 1.08 bits per heavy atom. The number of ketones is 1. The zero-order chi connectivity index (χ0) is 18.4. The summed E-state index contributed by atoms with van der Waals surface area (Å²) in [5, 5.41) is 4.28. The number of fused-ring (bicyclic) bond motifs is 1. The molecule has 6 heteroatoms. The second-order valence-electron chi connectivity index (χ2n) is 6.57. The van der Waals surface area contributed by atoms with Crippen molar-refractivity contribution in [2.45, 2.75) is 19.8 Å². The number of aromatic nitrogens is 1. The van der Waals surface area contributed by atoms with Gasteiger partial charge in [0.25, 0.3) is 0 Å². The molecule has 1 fully saturated rings. The number of rotatable bonds is 4. The fourth-order valence-electron chi connectivity index (χ4n) is 3.13. The van der Waals surface area contributed by atoms with Crippen molar-refractivity contribution in [2.24, 2.45) is 5.92 Å². The van der Waals surface area contributed by atoms with E-state index < -0.39 is 0 Å². The lowest BCUT2D eigenvalue weighted by Crippen LogP contribution is -2.13. The molecule has 4 rings (SSSR count). The normalized spacial score (nSPS) is 13.8. The van der Waals surface area contributed by atoms with Crippen LogP contribution in [0, 0.1) is 12.8 Å². The Labute approximate surface area is 160 Å². The Bertz CT molecular complexity index is 1030. The third kappa shape index (κ3) is 3.00. The van der Waals surface area contributed by atoms with E-state index in [1.54, 1.807) is 18.2 Å². The van der Waals surface area contributed by atoms with Gasteiger partial charge in [-0.3, -0.25) is 9.59 Å². The van der Waals surface area contributed by atoms with Crippen molar-refractivity contribution in [3.63, 3.8) is 0 Å². The molecule has 0 spiro atoms. The van der Waals surface area contributed by atoms with Crippen molar-refractivity contribution in [2.75, 3.05) is 5.32 Å². The molecule has 3 aromatic rings. The van der Waals surface area contributed by atoms with Crippen molar-refractivity contribution in [1.29, 1.82) is 0 Å². The number of carbonyl (C=O) groups is 2. The Kier molecular flexibility index (Phi) is 4.25. The lowest BCUT2D eigenvalue weighted by molar-refractivity contribution is -0.117. The van der Waals surface area contributed by atoms with Crippen molar-refractivity contribution >= 4 is 51.5 Å². The van der Waals surface area contributed by atoms with Crippen LogP contribution in [-0.2, 0) is 4.79 Å². The molecule has 0 unspecified atom stereocenters. The Morgan fingerprint density at radius 2 is 1.77 bits per heavy atom. The van der Waals surface area contributed by atoms with Crippen LogP contribution in [-0.4, -0.2) is 16.7 Å². The van der Waals surface area contributed by atoms with Crippen LogP contribution in [0.5, 0.6) is 0 Å². The van der Waals surface area contributed by atoms with Crippen LogP contribution in [0.1, 0.15) is 34.5 Å². The second kappa shape index (κ2) is 6.45. The topological polar surface area (TPSA) is 62.0 Å². The van der Waals surface area contributed by atoms with Crippen LogP contribution >= 0.6 is 23.2 Å². The first-order chi connectivity index (χ1) is 12.5. The van der Waals surface area contributed by atoms with Crippen molar-refractivity contribution in [1.82, 2.24) is 4.98 Å². The number of nitrogens with one attached hydrogen (secondary N) is 2. The fraction of sp³-hybridized carbons (Fsp3) is 0.200. The molecule has 0 bridgehead atoms. The van der Waals surface area contributed by atoms with Gasteiger partial charge >= 0.3 is 0 Å². The summed E-state index contributed by atoms with van der Waals surface area (Å²) in [6.45, 7) is 1.83. The van der Waals surface area contributed by atoms with Crippen LogP contribution in [0.3, 0.4) is 0 Å². The van der Waals surface area contributed by atoms with Gasteiger partial charge in [0.1, 0.15) is 0 Å². The molecule has 26 heavy (non-hydrogen) atoms. The summed E-state index contributed by atoms with van der Waals surface area (Å²) in [5.74, 6) is -0.102. The maximum atomic E-state index is 13.2. The Morgan fingerprint density at radius 3 is 2.42 bits per heavy atom. The SMILES string of the molecule is Cc1[nH]c2ccc(NC(=O)C3CC3)cc2c1C(=O)c1c(Cl)cccc1Cl. The first-order valence-electron chi connectivity index (χ1n) is 8.37. The summed E-state index contributed by atoms with van der Waals surface area (Å²) in [7, 11) is 0. The highest BCUT2D eigenvalue weighted by Gasteiger charge is 2.29. The predicted octanol–water partition coefficient (Wildman–Crippen LogP) is 5.36. The van der Waals surface area contributed by atoms with Gasteiger partial charge in [-0.1, -0.05) is 29.3 Å². The van der Waals surface area contributed by atoms with E-state index in [4.69, 9.17) is 23.2 Å². The van der Waals surface area contributed by atoms with E-state index in [0.717, 1.165) is 29.4 Å². The van der Waals surface area contributed by atoms with Gasteiger partial charge in [-0.05, 0) is 50.1 Å². The quantitative estimate of drug-likeness (QED) is 0.592. The monoisotopic (exact) mass is 386 g/mol. The van der Waals surface area contributed by atoms with Crippen molar-refractivity contribution < 1.29 is 9.59 Å². The fourth-order valence-corrected chi connectivity index (χ4v) is 3.70. The highest BCUT2D eigenvalue weighted by atomic mass is 35.5. The van der Waals surface area contributed by atoms with Gasteiger partial charge in [0, 0.05) is 28.2 Å². The van der Waals surface area contributed by atoms with E-state index in [1.807, 2.05) is 25.1 Å². The molecule has 1 aliphatic carbocycles. The number of hydrogen-bond donors (Lipinski definition) is 2. The average Bonchev–Trinajstić information content (AvgIpc) is 3.37. The molecule has 132 valence electrons. The third-order valence-electron chi connectivity index (χ3n) is 4.62. The standard InChI is InChI=1S/C20H16Cl2N2O2/c1-10-17(19(25)18-14(21)3-2-4-15(18)22)13-9-12(7-8-16(13)23-10)24-20(26)11-5-6-11/h2-4,7-9,11,23H,5-6H2,1H3,(H,24,26). The highest BCUT2D eigenvalue weighted by molar-refractivity contribution is 6.41. The van der Waals surface area contributed by atoms with E-state index in [1.165, 1.54) is 0 Å². The number of anilines is 1. The smallest absolute Gasteiger partial charge is 0.227 e. The van der Waals surface area contributed by atoms with E-state index >= 15 is 0 Å². The maximum Gasteiger partial charge on any atom is 0.227 e. The summed E-state index contributed by atoms with van der Waals surface area (Å²) >= 11 is 12.4. The van der Waals surface area contributed by atoms with E-state index in [9.17, 15) is 9.59 Å². The van der Waals surface area contributed by atoms with Crippen LogP contribution in [0.2, 0.25) is 10.0 Å². The molecule has 0 saturated heterocycles. The van der Waals surface area contributed by atoms with E-state index in [0.29, 0.717) is 21.3 Å². The van der Waals surface area contributed by atoms with E-state index in [2.05, 4.69) is 10.3 Å². The zero-order valence-corrected chi connectivity index (χ0v) is 15.5. The molecule has 1 amide bonds. The number of amides is 1. The lowest BCUT2D eigenvalue weighted by atomic mass is 10.00. The Balaban J connectivity index is 1.79. The molecule has 4 nitrogen and oxygen atoms in total. The van der Waals surface area contributed by atoms with Gasteiger partial charge in [0.15, 0.2) is 5.78 Å². The number of aryl methyl sites for hydroxylation is 1. The maximum absolute atomic E-state index is 13.2. The first-order valence-corrected chi connectivity index (χ1v) is 9.13. The highest BCUT2D eigenvalue weighted by Crippen LogP contribution is 2.34. The van der Waals surface area contributed by atoms with E-state index in [-0.39, 0.29) is 23.2 Å². The number of H-pyrrole nitrogens is 1. The zero-order valence-electron chi connectivity index (χ0n) is 14.0. The average molecular weight is 387 g/mol. The molecular weight excluding hydrogens is 371 g/mol. The second-order valence-corrected chi connectivity index (χ2v) is 7.39. The van der Waals surface area contributed by atoms with Gasteiger partial charge in [0.05, 0.1) is 21.2 Å². The van der Waals surface area contributed by atoms with Gasteiger partial charge in [-0.25, -0.2) is 0 Å². The largest absolute Gasteiger partial charge is 0.358 e. The number of halogens is 2. The molecule has 2 N–H and O–H groups in total. The number of aromatic amines is 1. The predicted molar refractivity (Wildman–Crippen MR) is 104 cm³/mol. The molecule has 0 atom stereocenters. The number of benzene rings is 2. The molecule has 1 aromatic heterocycles. The molecule has 1 saturated carbocycles. The van der Waals surface area contributed by atoms with Crippen LogP contribution in [0.15, 0.2) is 36.4 Å². The molecular formula is C20H16Cl2N2O2. The summed E-state index contributed by atoms with van der Waals surface area (Å²) in [5.41, 5.74) is 3.02. The molecule has 1 heterocycles. The van der Waals surface area contributed by atoms with Gasteiger partial charge in [-0.15, -0.1) is 0 Å². The van der Waals surface area contributed by atoms with Gasteiger partial charge in [0.2, 0.25) is 5.91 Å². The third-order valence-corrected chi connectivity index (χ3v) is 5.25. The van der Waals surface area contributed by atoms with Crippen molar-refractivity contribution in [3.8, 4) is 0 Å². The summed E-state index contributed by atoms with van der Waals surface area (Å²) < 4.78 is 0. The minimum Gasteiger partial charge on any atom is -0.358 e. The Hall–Kier alpha value is -2.30. The minimum atomic E-state index is -0.241. The van der Waals surface area contributed by atoms with Gasteiger partial charge < -0.3 is 10.3 Å². The number of carbonyl (C=O) groups excluding carboxylic acids is 2. The molecule has 0 aliphatic heterocycles. The van der Waals surface area contributed by atoms with Crippen LogP contribution in [0.25, 0.3) is 10.9 Å². The number of hydrogen-bond acceptors (Lipinski definition) is 2. The van der Waals surface area contributed by atoms with Crippen LogP contribution in [0.4, 0.5) is 5.69 Å². The van der Waals surface area contributed by atoms with Gasteiger partial charge in [-0.2, -0.15) is 0 Å². The van der Waals surface area contributed by atoms with Crippen LogP contribution < -0.4 is 5.32 Å². The van der Waals surface area contributed by atoms with Crippen molar-refractivity contribution in [3.05, 3.63) is 63.3 Å². The summed E-state index contributed by atoms with van der Waals surface area (Å²) in [4.78, 5) is 28.4. The lowest BCUT2D eigenvalue weighted by Gasteiger charge is -2.08.